The van der Waals surface area contributed by atoms with Gasteiger partial charge in [-0.3, -0.25) is 0 Å². The molecule has 1 aromatic carbocycles. The summed E-state index contributed by atoms with van der Waals surface area (Å²) in [6.07, 6.45) is 0. The second kappa shape index (κ2) is 3.89. The Morgan fingerprint density at radius 3 is 2.27 bits per heavy atom. The van der Waals surface area contributed by atoms with Crippen molar-refractivity contribution >= 4 is 12.4 Å². The van der Waals surface area contributed by atoms with Crippen LogP contribution in [0.25, 0.3) is 0 Å². The average molecular weight is 238 g/mol. The van der Waals surface area contributed by atoms with Crippen LogP contribution in [0.2, 0.25) is 0 Å². The standard InChI is InChI=1S/C9H10F3O2P/c1-14-7-5-3-4-6-8(7)15(2,13)9(10,11)12/h3-6H,1-2H3/t15-/m0/s1. The van der Waals surface area contributed by atoms with Crippen molar-refractivity contribution in [1.29, 1.82) is 0 Å². The Labute approximate surface area is 85.4 Å². The fourth-order valence-electron chi connectivity index (χ4n) is 1.12. The Bertz CT molecular complexity index is 401. The molecule has 0 unspecified atom stereocenters. The zero-order chi connectivity index (χ0) is 11.7. The average Bonchev–Trinajstić information content (AvgIpc) is 2.16. The number of hydrogen-bond donors (Lipinski definition) is 0. The summed E-state index contributed by atoms with van der Waals surface area (Å²) in [5.41, 5.74) is 0. The van der Waals surface area contributed by atoms with Crippen LogP contribution in [0.5, 0.6) is 5.75 Å². The van der Waals surface area contributed by atoms with Crippen molar-refractivity contribution < 1.29 is 22.5 Å². The summed E-state index contributed by atoms with van der Waals surface area (Å²) in [5.74, 6) is -4.73. The van der Waals surface area contributed by atoms with Crippen LogP contribution in [0.15, 0.2) is 24.3 Å². The van der Waals surface area contributed by atoms with E-state index in [1.165, 1.54) is 31.4 Å². The highest BCUT2D eigenvalue weighted by Crippen LogP contribution is 2.58. The lowest BCUT2D eigenvalue weighted by Crippen LogP contribution is -2.19. The van der Waals surface area contributed by atoms with E-state index >= 15 is 0 Å². The van der Waals surface area contributed by atoms with E-state index in [2.05, 4.69) is 0 Å². The maximum absolute atomic E-state index is 12.5. The summed E-state index contributed by atoms with van der Waals surface area (Å²) in [7, 11) is -3.16. The summed E-state index contributed by atoms with van der Waals surface area (Å²) in [5, 5.41) is -0.292. The van der Waals surface area contributed by atoms with Crippen molar-refractivity contribution in [3.63, 3.8) is 0 Å². The van der Waals surface area contributed by atoms with Crippen molar-refractivity contribution in [2.45, 2.75) is 5.92 Å². The molecular formula is C9H10F3O2P. The number of benzene rings is 1. The number of para-hydroxylation sites is 1. The van der Waals surface area contributed by atoms with E-state index in [0.29, 0.717) is 6.66 Å². The van der Waals surface area contributed by atoms with E-state index in [4.69, 9.17) is 4.74 Å². The molecule has 0 heterocycles. The van der Waals surface area contributed by atoms with Gasteiger partial charge in [-0.2, -0.15) is 13.2 Å². The second-order valence-corrected chi connectivity index (χ2v) is 5.90. The van der Waals surface area contributed by atoms with Gasteiger partial charge in [0.1, 0.15) is 5.75 Å². The molecule has 1 rings (SSSR count). The normalized spacial score (nSPS) is 15.8. The molecule has 0 aliphatic heterocycles. The molecule has 0 N–H and O–H groups in total. The van der Waals surface area contributed by atoms with E-state index in [0.717, 1.165) is 0 Å². The monoisotopic (exact) mass is 238 g/mol. The molecule has 1 aromatic rings. The number of rotatable bonds is 2. The van der Waals surface area contributed by atoms with Gasteiger partial charge in [0.25, 0.3) is 0 Å². The van der Waals surface area contributed by atoms with Crippen LogP contribution in [0, 0.1) is 0 Å². The predicted molar refractivity (Wildman–Crippen MR) is 52.2 cm³/mol. The first kappa shape index (κ1) is 12.1. The summed E-state index contributed by atoms with van der Waals surface area (Å²) in [6, 6.07) is 5.46. The van der Waals surface area contributed by atoms with Gasteiger partial charge in [0, 0.05) is 6.66 Å². The van der Waals surface area contributed by atoms with Gasteiger partial charge in [-0.15, -0.1) is 0 Å². The molecule has 0 bridgehead atoms. The first-order valence-electron chi connectivity index (χ1n) is 4.08. The highest BCUT2D eigenvalue weighted by Gasteiger charge is 2.49. The third kappa shape index (κ3) is 2.17. The highest BCUT2D eigenvalue weighted by molar-refractivity contribution is 7.72. The Balaban J connectivity index is 3.33. The Morgan fingerprint density at radius 1 is 1.27 bits per heavy atom. The van der Waals surface area contributed by atoms with E-state index < -0.39 is 13.1 Å². The van der Waals surface area contributed by atoms with Crippen LogP contribution in [0.4, 0.5) is 13.2 Å². The maximum atomic E-state index is 12.5. The van der Waals surface area contributed by atoms with Crippen molar-refractivity contribution in [2.24, 2.45) is 0 Å². The van der Waals surface area contributed by atoms with Crippen molar-refractivity contribution in [2.75, 3.05) is 13.8 Å². The SMILES string of the molecule is COc1ccccc1[P@](C)(=O)C(F)(F)F. The first-order valence-corrected chi connectivity index (χ1v) is 6.24. The summed E-state index contributed by atoms with van der Waals surface area (Å²) in [4.78, 5) is 0. The molecule has 84 valence electrons. The van der Waals surface area contributed by atoms with Gasteiger partial charge in [0.2, 0.25) is 7.14 Å². The van der Waals surface area contributed by atoms with Gasteiger partial charge in [-0.05, 0) is 12.1 Å². The number of methoxy groups -OCH3 is 1. The van der Waals surface area contributed by atoms with Crippen molar-refractivity contribution in [3.05, 3.63) is 24.3 Å². The van der Waals surface area contributed by atoms with Crippen molar-refractivity contribution in [1.82, 2.24) is 0 Å². The fraction of sp³-hybridized carbons (Fsp3) is 0.333. The van der Waals surface area contributed by atoms with E-state index in [9.17, 15) is 17.7 Å². The zero-order valence-electron chi connectivity index (χ0n) is 8.21. The number of hydrogen-bond acceptors (Lipinski definition) is 2. The van der Waals surface area contributed by atoms with Gasteiger partial charge >= 0.3 is 5.92 Å². The van der Waals surface area contributed by atoms with E-state index in [1.807, 2.05) is 0 Å². The fourth-order valence-corrected chi connectivity index (χ4v) is 2.35. The lowest BCUT2D eigenvalue weighted by Gasteiger charge is -2.18. The zero-order valence-corrected chi connectivity index (χ0v) is 9.10. The smallest absolute Gasteiger partial charge is 0.443 e. The highest BCUT2D eigenvalue weighted by atomic mass is 31.2. The van der Waals surface area contributed by atoms with E-state index in [-0.39, 0.29) is 11.1 Å². The van der Waals surface area contributed by atoms with Crippen LogP contribution in [0.1, 0.15) is 0 Å². The number of ether oxygens (including phenoxy) is 1. The molecule has 0 radical (unpaired) electrons. The quantitative estimate of drug-likeness (QED) is 0.740. The Hall–Kier alpha value is -0.960. The van der Waals surface area contributed by atoms with Crippen LogP contribution in [0.3, 0.4) is 0 Å². The molecule has 0 spiro atoms. The van der Waals surface area contributed by atoms with Crippen LogP contribution in [-0.2, 0) is 4.57 Å². The lowest BCUT2D eigenvalue weighted by molar-refractivity contribution is -0.0445. The van der Waals surface area contributed by atoms with Crippen molar-refractivity contribution in [3.8, 4) is 5.75 Å². The molecule has 0 saturated heterocycles. The molecule has 0 aliphatic carbocycles. The number of halogens is 3. The Morgan fingerprint density at radius 2 is 1.80 bits per heavy atom. The molecular weight excluding hydrogens is 228 g/mol. The topological polar surface area (TPSA) is 26.3 Å². The predicted octanol–water partition coefficient (Wildman–Crippen LogP) is 2.83. The summed E-state index contributed by atoms with van der Waals surface area (Å²) in [6.45, 7) is 0.699. The van der Waals surface area contributed by atoms with Gasteiger partial charge in [-0.1, -0.05) is 12.1 Å². The molecule has 1 atom stereocenters. The summed E-state index contributed by atoms with van der Waals surface area (Å²) < 4.78 is 53.9. The van der Waals surface area contributed by atoms with Gasteiger partial charge in [0.05, 0.1) is 12.4 Å². The number of alkyl halides is 3. The lowest BCUT2D eigenvalue weighted by atomic mass is 10.3. The molecule has 6 heteroatoms. The first-order chi connectivity index (χ1) is 6.80. The maximum Gasteiger partial charge on any atom is 0.443 e. The second-order valence-electron chi connectivity index (χ2n) is 3.06. The van der Waals surface area contributed by atoms with Gasteiger partial charge < -0.3 is 9.30 Å². The largest absolute Gasteiger partial charge is 0.496 e. The molecule has 0 aliphatic rings. The minimum absolute atomic E-state index is 0.000610. The molecule has 0 aromatic heterocycles. The third-order valence-electron chi connectivity index (χ3n) is 2.03. The van der Waals surface area contributed by atoms with Gasteiger partial charge in [-0.25, -0.2) is 0 Å². The molecule has 2 nitrogen and oxygen atoms in total. The third-order valence-corrected chi connectivity index (χ3v) is 4.29. The van der Waals surface area contributed by atoms with E-state index in [1.54, 1.807) is 0 Å². The summed E-state index contributed by atoms with van der Waals surface area (Å²) >= 11 is 0. The van der Waals surface area contributed by atoms with Gasteiger partial charge in [0.15, 0.2) is 0 Å². The minimum Gasteiger partial charge on any atom is -0.496 e. The van der Waals surface area contributed by atoms with Crippen LogP contribution in [-0.4, -0.2) is 19.7 Å². The van der Waals surface area contributed by atoms with Crippen LogP contribution < -0.4 is 10.0 Å². The minimum atomic E-state index is -4.73. The molecule has 0 amide bonds. The van der Waals surface area contributed by atoms with Crippen LogP contribution >= 0.6 is 7.14 Å². The Kier molecular flexibility index (Phi) is 3.14. The molecule has 0 saturated carbocycles. The molecule has 15 heavy (non-hydrogen) atoms. The molecule has 0 fully saturated rings.